The number of rotatable bonds is 13. The predicted molar refractivity (Wildman–Crippen MR) is 167 cm³/mol. The number of ether oxygens (including phenoxy) is 2. The lowest BCUT2D eigenvalue weighted by molar-refractivity contribution is -0.140. The summed E-state index contributed by atoms with van der Waals surface area (Å²) in [7, 11) is -1.09. The van der Waals surface area contributed by atoms with Crippen LogP contribution in [0.2, 0.25) is 0 Å². The van der Waals surface area contributed by atoms with Crippen LogP contribution in [0.1, 0.15) is 51.0 Å². The van der Waals surface area contributed by atoms with Crippen LogP contribution in [-0.2, 0) is 26.2 Å². The number of nitrogens with zero attached hydrogens (tertiary/aromatic N) is 2. The molecular weight excluding hydrogens is 566 g/mol. The largest absolute Gasteiger partial charge is 0.497 e. The van der Waals surface area contributed by atoms with E-state index in [1.807, 2.05) is 25.1 Å². The highest BCUT2D eigenvalue weighted by Crippen LogP contribution is 2.26. The standard InChI is InChI=1S/C33H41N3O6S/c1-4-31(33(38)34-26-13-7-5-8-14-26)35(23-25-12-11-17-29(22-25)42-3)32(37)24-36(27-15-9-6-10-16-27)43(39,40)30-20-18-28(41-2)19-21-30/h6,9-12,15-22,26,31H,4-5,7-8,13-14,23-24H2,1-3H3,(H,34,38). The van der Waals surface area contributed by atoms with Gasteiger partial charge in [0, 0.05) is 12.6 Å². The van der Waals surface area contributed by atoms with E-state index < -0.39 is 28.5 Å². The molecule has 4 rings (SSSR count). The van der Waals surface area contributed by atoms with Crippen molar-refractivity contribution in [2.24, 2.45) is 0 Å². The molecule has 9 nitrogen and oxygen atoms in total. The van der Waals surface area contributed by atoms with E-state index in [0.29, 0.717) is 23.6 Å². The first kappa shape index (κ1) is 31.9. The third-order valence-electron chi connectivity index (χ3n) is 7.80. The molecule has 1 aliphatic rings. The fourth-order valence-electron chi connectivity index (χ4n) is 5.43. The molecule has 1 fully saturated rings. The lowest BCUT2D eigenvalue weighted by Crippen LogP contribution is -2.54. The van der Waals surface area contributed by atoms with Crippen LogP contribution in [0.15, 0.2) is 83.8 Å². The van der Waals surface area contributed by atoms with Crippen LogP contribution in [-0.4, -0.2) is 58.0 Å². The first-order valence-electron chi connectivity index (χ1n) is 14.7. The van der Waals surface area contributed by atoms with E-state index in [1.165, 1.54) is 24.1 Å². The Balaban J connectivity index is 1.69. The van der Waals surface area contributed by atoms with E-state index in [2.05, 4.69) is 5.32 Å². The fourth-order valence-corrected chi connectivity index (χ4v) is 6.84. The molecule has 10 heteroatoms. The van der Waals surface area contributed by atoms with Crippen molar-refractivity contribution >= 4 is 27.5 Å². The van der Waals surface area contributed by atoms with Crippen LogP contribution in [0, 0.1) is 0 Å². The molecule has 1 N–H and O–H groups in total. The Morgan fingerprint density at radius 2 is 1.56 bits per heavy atom. The van der Waals surface area contributed by atoms with Crippen LogP contribution in [0.4, 0.5) is 5.69 Å². The van der Waals surface area contributed by atoms with Gasteiger partial charge < -0.3 is 19.7 Å². The monoisotopic (exact) mass is 607 g/mol. The van der Waals surface area contributed by atoms with Gasteiger partial charge in [-0.1, -0.05) is 56.5 Å². The zero-order chi connectivity index (χ0) is 30.8. The van der Waals surface area contributed by atoms with E-state index in [9.17, 15) is 18.0 Å². The average molecular weight is 608 g/mol. The minimum absolute atomic E-state index is 0.0198. The summed E-state index contributed by atoms with van der Waals surface area (Å²) in [5, 5.41) is 3.16. The Kier molecular flexibility index (Phi) is 11.1. The van der Waals surface area contributed by atoms with Gasteiger partial charge in [-0.15, -0.1) is 0 Å². The summed E-state index contributed by atoms with van der Waals surface area (Å²) in [6.45, 7) is 1.48. The van der Waals surface area contributed by atoms with Gasteiger partial charge in [0.1, 0.15) is 24.1 Å². The van der Waals surface area contributed by atoms with E-state index in [4.69, 9.17) is 9.47 Å². The van der Waals surface area contributed by atoms with Crippen LogP contribution in [0.5, 0.6) is 11.5 Å². The van der Waals surface area contributed by atoms with Gasteiger partial charge in [-0.05, 0) is 73.4 Å². The zero-order valence-electron chi connectivity index (χ0n) is 25.1. The fraction of sp³-hybridized carbons (Fsp3) is 0.394. The highest BCUT2D eigenvalue weighted by atomic mass is 32.2. The smallest absolute Gasteiger partial charge is 0.264 e. The van der Waals surface area contributed by atoms with Crippen molar-refractivity contribution < 1.29 is 27.5 Å². The number of methoxy groups -OCH3 is 2. The molecule has 43 heavy (non-hydrogen) atoms. The van der Waals surface area contributed by atoms with E-state index >= 15 is 0 Å². The molecule has 0 bridgehead atoms. The molecule has 2 amide bonds. The molecule has 230 valence electrons. The molecule has 1 saturated carbocycles. The zero-order valence-corrected chi connectivity index (χ0v) is 25.9. The number of carbonyl (C=O) groups excluding carboxylic acids is 2. The number of para-hydroxylation sites is 1. The number of benzene rings is 3. The molecule has 3 aromatic rings. The van der Waals surface area contributed by atoms with Gasteiger partial charge in [0.25, 0.3) is 10.0 Å². The highest BCUT2D eigenvalue weighted by Gasteiger charge is 2.34. The first-order valence-corrected chi connectivity index (χ1v) is 16.2. The van der Waals surface area contributed by atoms with Crippen molar-refractivity contribution in [1.29, 1.82) is 0 Å². The normalized spacial score (nSPS) is 14.4. The van der Waals surface area contributed by atoms with Gasteiger partial charge in [0.15, 0.2) is 0 Å². The van der Waals surface area contributed by atoms with Crippen LogP contribution in [0.3, 0.4) is 0 Å². The number of amides is 2. The van der Waals surface area contributed by atoms with E-state index in [1.54, 1.807) is 55.6 Å². The lowest BCUT2D eigenvalue weighted by atomic mass is 9.95. The maximum absolute atomic E-state index is 14.2. The molecular formula is C33H41N3O6S. The molecule has 0 aromatic heterocycles. The SMILES string of the molecule is CCC(C(=O)NC1CCCCC1)N(Cc1cccc(OC)c1)C(=O)CN(c1ccccc1)S(=O)(=O)c1ccc(OC)cc1. The van der Waals surface area contributed by atoms with Crippen molar-refractivity contribution in [3.05, 3.63) is 84.4 Å². The quantitative estimate of drug-likeness (QED) is 0.288. The molecule has 0 spiro atoms. The number of anilines is 1. The Hall–Kier alpha value is -4.05. The van der Waals surface area contributed by atoms with E-state index in [0.717, 1.165) is 42.0 Å². The summed E-state index contributed by atoms with van der Waals surface area (Å²) in [6.07, 6.45) is 5.46. The van der Waals surface area contributed by atoms with E-state index in [-0.39, 0.29) is 23.4 Å². The molecule has 0 radical (unpaired) electrons. The first-order chi connectivity index (χ1) is 20.8. The number of nitrogens with one attached hydrogen (secondary N) is 1. The van der Waals surface area contributed by atoms with Crippen molar-refractivity contribution in [3.8, 4) is 11.5 Å². The van der Waals surface area contributed by atoms with Gasteiger partial charge in [-0.25, -0.2) is 8.42 Å². The lowest BCUT2D eigenvalue weighted by Gasteiger charge is -2.34. The molecule has 3 aromatic carbocycles. The average Bonchev–Trinajstić information content (AvgIpc) is 3.04. The summed E-state index contributed by atoms with van der Waals surface area (Å²) in [6, 6.07) is 21.1. The van der Waals surface area contributed by atoms with Crippen molar-refractivity contribution in [3.63, 3.8) is 0 Å². The molecule has 0 heterocycles. The summed E-state index contributed by atoms with van der Waals surface area (Å²) in [5.74, 6) is 0.419. The number of hydrogen-bond donors (Lipinski definition) is 1. The second-order valence-electron chi connectivity index (χ2n) is 10.7. The van der Waals surface area contributed by atoms with Gasteiger partial charge in [0.2, 0.25) is 11.8 Å². The van der Waals surface area contributed by atoms with Gasteiger partial charge in [-0.3, -0.25) is 13.9 Å². The maximum atomic E-state index is 14.2. The Bertz CT molecular complexity index is 1460. The highest BCUT2D eigenvalue weighted by molar-refractivity contribution is 7.92. The number of carbonyl (C=O) groups is 2. The number of hydrogen-bond acceptors (Lipinski definition) is 6. The van der Waals surface area contributed by atoms with Crippen LogP contribution < -0.4 is 19.1 Å². The minimum Gasteiger partial charge on any atom is -0.497 e. The summed E-state index contributed by atoms with van der Waals surface area (Å²) >= 11 is 0. The Morgan fingerprint density at radius 3 is 2.19 bits per heavy atom. The Morgan fingerprint density at radius 1 is 0.884 bits per heavy atom. The summed E-state index contributed by atoms with van der Waals surface area (Å²) in [4.78, 5) is 29.4. The maximum Gasteiger partial charge on any atom is 0.264 e. The second kappa shape index (κ2) is 14.9. The van der Waals surface area contributed by atoms with Crippen molar-refractivity contribution in [2.45, 2.75) is 69.0 Å². The second-order valence-corrected chi connectivity index (χ2v) is 12.5. The van der Waals surface area contributed by atoms with Crippen molar-refractivity contribution in [1.82, 2.24) is 10.2 Å². The third-order valence-corrected chi connectivity index (χ3v) is 9.58. The molecule has 0 saturated heterocycles. The van der Waals surface area contributed by atoms with Gasteiger partial charge >= 0.3 is 0 Å². The van der Waals surface area contributed by atoms with Gasteiger partial charge in [0.05, 0.1) is 24.8 Å². The topological polar surface area (TPSA) is 105 Å². The third kappa shape index (κ3) is 8.07. The number of sulfonamides is 1. The molecule has 1 aliphatic carbocycles. The molecule has 0 aliphatic heterocycles. The van der Waals surface area contributed by atoms with Gasteiger partial charge in [-0.2, -0.15) is 0 Å². The van der Waals surface area contributed by atoms with Crippen molar-refractivity contribution in [2.75, 3.05) is 25.1 Å². The Labute approximate surface area is 254 Å². The predicted octanol–water partition coefficient (Wildman–Crippen LogP) is 5.16. The van der Waals surface area contributed by atoms with Crippen LogP contribution >= 0.6 is 0 Å². The molecule has 1 unspecified atom stereocenters. The van der Waals surface area contributed by atoms with Crippen LogP contribution in [0.25, 0.3) is 0 Å². The minimum atomic E-state index is -4.16. The summed E-state index contributed by atoms with van der Waals surface area (Å²) < 4.78 is 39.7. The molecule has 1 atom stereocenters. The summed E-state index contributed by atoms with van der Waals surface area (Å²) in [5.41, 5.74) is 1.11.